The van der Waals surface area contributed by atoms with Crippen molar-refractivity contribution in [2.75, 3.05) is 26.3 Å². The second-order valence-electron chi connectivity index (χ2n) is 5.94. The van der Waals surface area contributed by atoms with Crippen LogP contribution in [0, 0.1) is 5.92 Å². The molecule has 0 N–H and O–H groups in total. The molecule has 0 unspecified atom stereocenters. The molecular weight excluding hydrogens is 330 g/mol. The predicted octanol–water partition coefficient (Wildman–Crippen LogP) is 2.43. The molecule has 9 heteroatoms. The fraction of sp³-hybridized carbons (Fsp3) is 0.733. The molecule has 1 aromatic heterocycles. The fourth-order valence-corrected chi connectivity index (χ4v) is 2.65. The second-order valence-corrected chi connectivity index (χ2v) is 5.94. The van der Waals surface area contributed by atoms with Crippen LogP contribution < -0.4 is 0 Å². The molecule has 0 aromatic carbocycles. The number of halogens is 4. The number of aromatic nitrogens is 2. The molecule has 0 spiro atoms. The van der Waals surface area contributed by atoms with Gasteiger partial charge in [-0.2, -0.15) is 13.9 Å². The molecule has 0 bridgehead atoms. The number of rotatable bonds is 8. The van der Waals surface area contributed by atoms with Crippen molar-refractivity contribution < 1.29 is 27.1 Å². The Kier molecular flexibility index (Phi) is 6.59. The topological polar surface area (TPSA) is 47.4 Å². The third kappa shape index (κ3) is 5.47. The number of alkyl halides is 4. The van der Waals surface area contributed by atoms with Crippen LogP contribution in [0.3, 0.4) is 0 Å². The first-order valence-electron chi connectivity index (χ1n) is 7.87. The van der Waals surface area contributed by atoms with E-state index in [1.807, 2.05) is 16.9 Å². The number of ether oxygens (including phenoxy) is 1. The summed E-state index contributed by atoms with van der Waals surface area (Å²) in [6, 6.07) is 1.86. The lowest BCUT2D eigenvalue weighted by Crippen LogP contribution is -2.41. The summed E-state index contributed by atoms with van der Waals surface area (Å²) in [7, 11) is 0. The van der Waals surface area contributed by atoms with Gasteiger partial charge in [-0.15, -0.1) is 0 Å². The zero-order chi connectivity index (χ0) is 17.6. The van der Waals surface area contributed by atoms with Gasteiger partial charge in [0.25, 0.3) is 0 Å². The van der Waals surface area contributed by atoms with Crippen molar-refractivity contribution in [2.24, 2.45) is 5.92 Å². The summed E-state index contributed by atoms with van der Waals surface area (Å²) in [5, 5.41) is 4.13. The molecule has 24 heavy (non-hydrogen) atoms. The molecule has 136 valence electrons. The van der Waals surface area contributed by atoms with Gasteiger partial charge >= 0.3 is 12.3 Å². The molecule has 1 fully saturated rings. The lowest BCUT2D eigenvalue weighted by molar-refractivity contribution is -0.171. The number of amides is 1. The van der Waals surface area contributed by atoms with Gasteiger partial charge in [0, 0.05) is 32.0 Å². The van der Waals surface area contributed by atoms with Crippen molar-refractivity contribution in [3.63, 3.8) is 0 Å². The number of carbonyl (C=O) groups excluding carboxylic acids is 1. The highest BCUT2D eigenvalue weighted by Gasteiger charge is 2.41. The van der Waals surface area contributed by atoms with Gasteiger partial charge in [0.1, 0.15) is 13.2 Å². The van der Waals surface area contributed by atoms with Crippen molar-refractivity contribution in [2.45, 2.75) is 38.2 Å². The lowest BCUT2D eigenvalue weighted by atomic mass is 9.93. The molecule has 0 radical (unpaired) electrons. The number of likely N-dealkylation sites (tertiary alicyclic amines) is 1. The van der Waals surface area contributed by atoms with Crippen molar-refractivity contribution in [3.8, 4) is 0 Å². The SMILES string of the molecule is O=C(COCC(F)(F)C(F)F)N1CCC(CCn2cccn2)CC1. The maximum atomic E-state index is 12.7. The highest BCUT2D eigenvalue weighted by Crippen LogP contribution is 2.23. The Morgan fingerprint density at radius 3 is 2.62 bits per heavy atom. The van der Waals surface area contributed by atoms with Crippen LogP contribution in [0.5, 0.6) is 0 Å². The first-order valence-corrected chi connectivity index (χ1v) is 7.87. The maximum Gasteiger partial charge on any atom is 0.330 e. The van der Waals surface area contributed by atoms with Crippen LogP contribution >= 0.6 is 0 Å². The number of piperidine rings is 1. The van der Waals surface area contributed by atoms with Gasteiger partial charge in [0.15, 0.2) is 0 Å². The van der Waals surface area contributed by atoms with E-state index in [2.05, 4.69) is 9.84 Å². The molecule has 1 aromatic rings. The van der Waals surface area contributed by atoms with Crippen molar-refractivity contribution >= 4 is 5.91 Å². The summed E-state index contributed by atoms with van der Waals surface area (Å²) in [5.74, 6) is -4.19. The van der Waals surface area contributed by atoms with E-state index in [4.69, 9.17) is 0 Å². The van der Waals surface area contributed by atoms with E-state index < -0.39 is 31.5 Å². The Morgan fingerprint density at radius 1 is 1.33 bits per heavy atom. The summed E-state index contributed by atoms with van der Waals surface area (Å²) >= 11 is 0. The second kappa shape index (κ2) is 8.46. The summed E-state index contributed by atoms with van der Waals surface area (Å²) in [6.45, 7) is -0.178. The third-order valence-electron chi connectivity index (χ3n) is 4.13. The molecule has 1 aliphatic rings. The average molecular weight is 351 g/mol. The lowest BCUT2D eigenvalue weighted by Gasteiger charge is -2.32. The van der Waals surface area contributed by atoms with E-state index in [1.54, 1.807) is 6.20 Å². The summed E-state index contributed by atoms with van der Waals surface area (Å²) < 4.78 is 55.6. The highest BCUT2D eigenvalue weighted by molar-refractivity contribution is 5.77. The summed E-state index contributed by atoms with van der Waals surface area (Å²) in [5.41, 5.74) is 0. The molecule has 1 amide bonds. The van der Waals surface area contributed by atoms with Gasteiger partial charge < -0.3 is 9.64 Å². The van der Waals surface area contributed by atoms with Crippen LogP contribution in [-0.2, 0) is 16.1 Å². The molecule has 0 atom stereocenters. The molecule has 2 heterocycles. The number of carbonyl (C=O) groups is 1. The van der Waals surface area contributed by atoms with E-state index in [1.165, 1.54) is 4.90 Å². The largest absolute Gasteiger partial charge is 0.365 e. The van der Waals surface area contributed by atoms with Gasteiger partial charge in [-0.3, -0.25) is 9.48 Å². The molecular formula is C15H21F4N3O2. The van der Waals surface area contributed by atoms with Gasteiger partial charge in [-0.25, -0.2) is 8.78 Å². The predicted molar refractivity (Wildman–Crippen MR) is 77.9 cm³/mol. The smallest absolute Gasteiger partial charge is 0.330 e. The van der Waals surface area contributed by atoms with E-state index >= 15 is 0 Å². The number of hydrogen-bond acceptors (Lipinski definition) is 3. The number of aryl methyl sites for hydroxylation is 1. The van der Waals surface area contributed by atoms with Crippen LogP contribution in [0.4, 0.5) is 17.6 Å². The van der Waals surface area contributed by atoms with E-state index in [9.17, 15) is 22.4 Å². The summed E-state index contributed by atoms with van der Waals surface area (Å²) in [4.78, 5) is 13.4. The minimum atomic E-state index is -4.22. The monoisotopic (exact) mass is 351 g/mol. The zero-order valence-corrected chi connectivity index (χ0v) is 13.2. The molecule has 1 saturated heterocycles. The Bertz CT molecular complexity index is 503. The van der Waals surface area contributed by atoms with Crippen molar-refractivity contribution in [1.29, 1.82) is 0 Å². The Labute approximate surface area is 137 Å². The first-order chi connectivity index (χ1) is 11.4. The van der Waals surface area contributed by atoms with Gasteiger partial charge in [0.2, 0.25) is 5.91 Å². The zero-order valence-electron chi connectivity index (χ0n) is 13.2. The van der Waals surface area contributed by atoms with Crippen molar-refractivity contribution in [1.82, 2.24) is 14.7 Å². The quantitative estimate of drug-likeness (QED) is 0.676. The Morgan fingerprint density at radius 2 is 2.04 bits per heavy atom. The van der Waals surface area contributed by atoms with Gasteiger partial charge in [0.05, 0.1) is 0 Å². The fourth-order valence-electron chi connectivity index (χ4n) is 2.65. The number of hydrogen-bond donors (Lipinski definition) is 0. The number of nitrogens with zero attached hydrogens (tertiary/aromatic N) is 3. The van der Waals surface area contributed by atoms with Gasteiger partial charge in [-0.1, -0.05) is 0 Å². The van der Waals surface area contributed by atoms with Crippen LogP contribution in [0.2, 0.25) is 0 Å². The molecule has 5 nitrogen and oxygen atoms in total. The molecule has 0 aliphatic carbocycles. The molecule has 1 aliphatic heterocycles. The minimum Gasteiger partial charge on any atom is -0.365 e. The normalized spacial score (nSPS) is 16.8. The molecule has 0 saturated carbocycles. The van der Waals surface area contributed by atoms with E-state index in [0.29, 0.717) is 19.0 Å². The third-order valence-corrected chi connectivity index (χ3v) is 4.13. The van der Waals surface area contributed by atoms with Crippen molar-refractivity contribution in [3.05, 3.63) is 18.5 Å². The Balaban J connectivity index is 1.63. The van der Waals surface area contributed by atoms with Crippen LogP contribution in [0.1, 0.15) is 19.3 Å². The van der Waals surface area contributed by atoms with Gasteiger partial charge in [-0.05, 0) is 31.2 Å². The van der Waals surface area contributed by atoms with Crippen LogP contribution in [0.15, 0.2) is 18.5 Å². The Hall–Kier alpha value is -1.64. The van der Waals surface area contributed by atoms with E-state index in [0.717, 1.165) is 25.8 Å². The van der Waals surface area contributed by atoms with E-state index in [-0.39, 0.29) is 0 Å². The molecule has 2 rings (SSSR count). The maximum absolute atomic E-state index is 12.7. The van der Waals surface area contributed by atoms with Crippen LogP contribution in [-0.4, -0.2) is 59.2 Å². The minimum absolute atomic E-state index is 0.439. The average Bonchev–Trinajstić information content (AvgIpc) is 3.06. The van der Waals surface area contributed by atoms with Crippen LogP contribution in [0.25, 0.3) is 0 Å². The summed E-state index contributed by atoms with van der Waals surface area (Å²) in [6.07, 6.45) is 2.42. The highest BCUT2D eigenvalue weighted by atomic mass is 19.3. The first kappa shape index (κ1) is 18.7. The standard InChI is InChI=1S/C15H21F4N3O2/c16-14(17)15(18,19)11-24-10-13(23)21-7-2-12(3-8-21)4-9-22-6-1-5-20-22/h1,5-6,12,14H,2-4,7-11H2.